The van der Waals surface area contributed by atoms with E-state index in [0.717, 1.165) is 10.6 Å². The largest absolute Gasteiger partial charge is 0.465 e. The van der Waals surface area contributed by atoms with E-state index in [9.17, 15) is 9.18 Å². The third kappa shape index (κ3) is 3.08. The Kier molecular flexibility index (Phi) is 3.53. The first-order valence-corrected chi connectivity index (χ1v) is 6.49. The summed E-state index contributed by atoms with van der Waals surface area (Å²) in [5, 5.41) is 13.7. The number of rotatable bonds is 3. The standard InChI is InChI=1S/C13H13FN2O2S/c1-13(2,16-12(17)18)10-7-19-11(15-10)8-3-5-9(14)6-4-8/h3-7,16H,1-2H3,(H,17,18). The Labute approximate surface area is 113 Å². The van der Waals surface area contributed by atoms with Gasteiger partial charge >= 0.3 is 6.09 Å². The average Bonchev–Trinajstić information content (AvgIpc) is 2.78. The summed E-state index contributed by atoms with van der Waals surface area (Å²) in [4.78, 5) is 15.1. The minimum Gasteiger partial charge on any atom is -0.465 e. The van der Waals surface area contributed by atoms with Crippen molar-refractivity contribution >= 4 is 17.4 Å². The lowest BCUT2D eigenvalue weighted by Gasteiger charge is -2.21. The first-order valence-electron chi connectivity index (χ1n) is 5.61. The highest BCUT2D eigenvalue weighted by Crippen LogP contribution is 2.28. The van der Waals surface area contributed by atoms with Gasteiger partial charge in [-0.25, -0.2) is 14.2 Å². The van der Waals surface area contributed by atoms with E-state index >= 15 is 0 Å². The summed E-state index contributed by atoms with van der Waals surface area (Å²) in [6, 6.07) is 6.04. The molecule has 0 saturated heterocycles. The topological polar surface area (TPSA) is 62.2 Å². The molecule has 0 radical (unpaired) electrons. The molecule has 0 saturated carbocycles. The molecule has 1 aromatic heterocycles. The van der Waals surface area contributed by atoms with Crippen LogP contribution in [0.5, 0.6) is 0 Å². The first kappa shape index (κ1) is 13.5. The van der Waals surface area contributed by atoms with Crippen molar-refractivity contribution < 1.29 is 14.3 Å². The van der Waals surface area contributed by atoms with Gasteiger partial charge in [-0.1, -0.05) is 0 Å². The van der Waals surface area contributed by atoms with Crippen LogP contribution in [0.4, 0.5) is 9.18 Å². The Morgan fingerprint density at radius 2 is 2.00 bits per heavy atom. The second kappa shape index (κ2) is 4.97. The van der Waals surface area contributed by atoms with E-state index in [1.54, 1.807) is 31.4 Å². The summed E-state index contributed by atoms with van der Waals surface area (Å²) in [5.41, 5.74) is 0.684. The van der Waals surface area contributed by atoms with Gasteiger partial charge in [0.2, 0.25) is 0 Å². The van der Waals surface area contributed by atoms with Crippen LogP contribution in [0.15, 0.2) is 29.6 Å². The quantitative estimate of drug-likeness (QED) is 0.905. The Bertz CT molecular complexity index is 593. The number of thiazole rings is 1. The van der Waals surface area contributed by atoms with Crippen molar-refractivity contribution in [2.45, 2.75) is 19.4 Å². The van der Waals surface area contributed by atoms with Crippen LogP contribution in [0, 0.1) is 5.82 Å². The molecule has 1 amide bonds. The molecular formula is C13H13FN2O2S. The fourth-order valence-corrected chi connectivity index (χ4v) is 2.61. The summed E-state index contributed by atoms with van der Waals surface area (Å²) in [7, 11) is 0. The van der Waals surface area contributed by atoms with Crippen LogP contribution < -0.4 is 5.32 Å². The predicted molar refractivity (Wildman–Crippen MR) is 71.7 cm³/mol. The van der Waals surface area contributed by atoms with Gasteiger partial charge in [0.1, 0.15) is 10.8 Å². The number of halogens is 1. The summed E-state index contributed by atoms with van der Waals surface area (Å²) >= 11 is 1.40. The Hall–Kier alpha value is -1.95. The molecule has 0 spiro atoms. The van der Waals surface area contributed by atoms with Crippen LogP contribution in [-0.2, 0) is 5.54 Å². The van der Waals surface area contributed by atoms with Gasteiger partial charge in [-0.05, 0) is 38.1 Å². The number of hydrogen-bond donors (Lipinski definition) is 2. The maximum Gasteiger partial charge on any atom is 0.405 e. The van der Waals surface area contributed by atoms with E-state index in [2.05, 4.69) is 10.3 Å². The van der Waals surface area contributed by atoms with Crippen LogP contribution in [0.25, 0.3) is 10.6 Å². The molecule has 6 heteroatoms. The predicted octanol–water partition coefficient (Wildman–Crippen LogP) is 3.45. The van der Waals surface area contributed by atoms with Crippen molar-refractivity contribution in [1.29, 1.82) is 0 Å². The van der Waals surface area contributed by atoms with Crippen molar-refractivity contribution in [3.05, 3.63) is 41.2 Å². The monoisotopic (exact) mass is 280 g/mol. The number of carboxylic acid groups (broad SMARTS) is 1. The molecule has 1 aromatic carbocycles. The normalized spacial score (nSPS) is 11.3. The van der Waals surface area contributed by atoms with Crippen LogP contribution in [0.1, 0.15) is 19.5 Å². The van der Waals surface area contributed by atoms with Gasteiger partial charge < -0.3 is 10.4 Å². The zero-order valence-corrected chi connectivity index (χ0v) is 11.3. The van der Waals surface area contributed by atoms with E-state index in [4.69, 9.17) is 5.11 Å². The van der Waals surface area contributed by atoms with Gasteiger partial charge in [-0.3, -0.25) is 0 Å². The molecule has 0 aliphatic rings. The van der Waals surface area contributed by atoms with Gasteiger partial charge in [0, 0.05) is 10.9 Å². The second-order valence-corrected chi connectivity index (χ2v) is 5.46. The van der Waals surface area contributed by atoms with E-state index in [1.807, 2.05) is 0 Å². The highest BCUT2D eigenvalue weighted by molar-refractivity contribution is 7.13. The van der Waals surface area contributed by atoms with Crippen molar-refractivity contribution in [3.63, 3.8) is 0 Å². The van der Waals surface area contributed by atoms with E-state index in [1.165, 1.54) is 23.5 Å². The van der Waals surface area contributed by atoms with Gasteiger partial charge in [0.05, 0.1) is 11.2 Å². The average molecular weight is 280 g/mol. The molecule has 0 atom stereocenters. The molecule has 0 bridgehead atoms. The fraction of sp³-hybridized carbons (Fsp3) is 0.231. The number of nitrogens with one attached hydrogen (secondary N) is 1. The van der Waals surface area contributed by atoms with E-state index in [0.29, 0.717) is 5.69 Å². The van der Waals surface area contributed by atoms with Gasteiger partial charge in [-0.15, -0.1) is 11.3 Å². The molecule has 1 heterocycles. The van der Waals surface area contributed by atoms with Crippen molar-refractivity contribution in [3.8, 4) is 10.6 Å². The third-order valence-corrected chi connectivity index (χ3v) is 3.55. The lowest BCUT2D eigenvalue weighted by Crippen LogP contribution is -2.40. The number of amides is 1. The zero-order chi connectivity index (χ0) is 14.0. The molecule has 0 aliphatic heterocycles. The molecule has 0 fully saturated rings. The van der Waals surface area contributed by atoms with Crippen LogP contribution in [-0.4, -0.2) is 16.2 Å². The Balaban J connectivity index is 2.28. The summed E-state index contributed by atoms with van der Waals surface area (Å²) in [6.07, 6.45) is -1.10. The molecule has 19 heavy (non-hydrogen) atoms. The number of carbonyl (C=O) groups is 1. The third-order valence-electron chi connectivity index (χ3n) is 2.66. The van der Waals surface area contributed by atoms with Crippen LogP contribution >= 0.6 is 11.3 Å². The lowest BCUT2D eigenvalue weighted by atomic mass is 10.0. The number of benzene rings is 1. The fourth-order valence-electron chi connectivity index (χ4n) is 1.62. The highest BCUT2D eigenvalue weighted by Gasteiger charge is 2.25. The van der Waals surface area contributed by atoms with Gasteiger partial charge in [0.15, 0.2) is 0 Å². The summed E-state index contributed by atoms with van der Waals surface area (Å²) in [5.74, 6) is -0.298. The summed E-state index contributed by atoms with van der Waals surface area (Å²) in [6.45, 7) is 3.48. The lowest BCUT2D eigenvalue weighted by molar-refractivity contribution is 0.182. The van der Waals surface area contributed by atoms with Crippen LogP contribution in [0.3, 0.4) is 0 Å². The highest BCUT2D eigenvalue weighted by atomic mass is 32.1. The maximum atomic E-state index is 12.8. The molecule has 0 unspecified atom stereocenters. The van der Waals surface area contributed by atoms with Gasteiger partial charge in [-0.2, -0.15) is 0 Å². The molecule has 4 nitrogen and oxygen atoms in total. The molecule has 100 valence electrons. The van der Waals surface area contributed by atoms with Crippen molar-refractivity contribution in [2.24, 2.45) is 0 Å². The molecule has 2 rings (SSSR count). The Morgan fingerprint density at radius 3 is 2.58 bits per heavy atom. The zero-order valence-electron chi connectivity index (χ0n) is 10.5. The smallest absolute Gasteiger partial charge is 0.405 e. The minimum absolute atomic E-state index is 0.298. The van der Waals surface area contributed by atoms with Gasteiger partial charge in [0.25, 0.3) is 0 Å². The number of nitrogens with zero attached hydrogens (tertiary/aromatic N) is 1. The summed E-state index contributed by atoms with van der Waals surface area (Å²) < 4.78 is 12.8. The maximum absolute atomic E-state index is 12.8. The van der Waals surface area contributed by atoms with E-state index in [-0.39, 0.29) is 5.82 Å². The minimum atomic E-state index is -1.10. The second-order valence-electron chi connectivity index (χ2n) is 4.60. The van der Waals surface area contributed by atoms with Crippen molar-refractivity contribution in [1.82, 2.24) is 10.3 Å². The molecule has 2 aromatic rings. The molecular weight excluding hydrogens is 267 g/mol. The SMILES string of the molecule is CC(C)(NC(=O)O)c1csc(-c2ccc(F)cc2)n1. The van der Waals surface area contributed by atoms with E-state index < -0.39 is 11.6 Å². The molecule has 2 N–H and O–H groups in total. The molecule has 0 aliphatic carbocycles. The van der Waals surface area contributed by atoms with Crippen LogP contribution in [0.2, 0.25) is 0 Å². The first-order chi connectivity index (χ1) is 8.88. The Morgan fingerprint density at radius 1 is 1.37 bits per heavy atom. The number of hydrogen-bond acceptors (Lipinski definition) is 3. The number of aromatic nitrogens is 1. The van der Waals surface area contributed by atoms with Crippen molar-refractivity contribution in [2.75, 3.05) is 0 Å².